The summed E-state index contributed by atoms with van der Waals surface area (Å²) in [6.45, 7) is 0. The van der Waals surface area contributed by atoms with Crippen LogP contribution in [-0.4, -0.2) is 22.3 Å². The fraction of sp³-hybridized carbons (Fsp3) is 0.240. The summed E-state index contributed by atoms with van der Waals surface area (Å²) >= 11 is 0. The minimum absolute atomic E-state index is 0.0895. The number of esters is 1. The van der Waals surface area contributed by atoms with Gasteiger partial charge in [-0.05, 0) is 61.4 Å². The first-order valence-electron chi connectivity index (χ1n) is 10.6. The number of phenols is 2. The number of hydrogen-bond acceptors (Lipinski definition) is 4. The Bertz CT molecular complexity index is 1300. The van der Waals surface area contributed by atoms with Crippen LogP contribution in [0.5, 0.6) is 11.5 Å². The molecule has 1 saturated carbocycles. The molecule has 0 unspecified atom stereocenters. The fourth-order valence-electron chi connectivity index (χ4n) is 4.24. The first kappa shape index (κ1) is 24.4. The molecule has 0 aliphatic heterocycles. The summed E-state index contributed by atoms with van der Waals surface area (Å²) in [6, 6.07) is 5.75. The third-order valence-corrected chi connectivity index (χ3v) is 6.13. The van der Waals surface area contributed by atoms with Crippen LogP contribution in [0.1, 0.15) is 47.5 Å². The molecular formula is C25H18F6O4. The topological polar surface area (TPSA) is 66.8 Å². The molecule has 0 atom stereocenters. The molecule has 0 amide bonds. The van der Waals surface area contributed by atoms with E-state index >= 15 is 0 Å². The van der Waals surface area contributed by atoms with Gasteiger partial charge >= 0.3 is 5.97 Å². The van der Waals surface area contributed by atoms with Crippen LogP contribution in [0.15, 0.2) is 36.4 Å². The van der Waals surface area contributed by atoms with Gasteiger partial charge in [-0.15, -0.1) is 0 Å². The molecular weight excluding hydrogens is 478 g/mol. The number of benzene rings is 3. The molecule has 2 N–H and O–H groups in total. The van der Waals surface area contributed by atoms with Crippen LogP contribution in [0.25, 0.3) is 11.1 Å². The van der Waals surface area contributed by atoms with Crippen molar-refractivity contribution >= 4 is 5.97 Å². The summed E-state index contributed by atoms with van der Waals surface area (Å²) in [4.78, 5) is 12.5. The standard InChI is InChI=1S/C25H18F6O4/c26-19-13(7-9-17(32)23(19)30)11-1-3-12(4-2-11)35-25(34)16-6-5-14(20(27)22(16)29)15-8-10-18(33)24(31)21(15)28/h5-12,32-33H,1-4H2. The highest BCUT2D eigenvalue weighted by Crippen LogP contribution is 2.38. The summed E-state index contributed by atoms with van der Waals surface area (Å²) in [7, 11) is 0. The van der Waals surface area contributed by atoms with E-state index in [1.54, 1.807) is 0 Å². The summed E-state index contributed by atoms with van der Waals surface area (Å²) in [5.41, 5.74) is -1.96. The van der Waals surface area contributed by atoms with Gasteiger partial charge in [-0.25, -0.2) is 22.4 Å². The molecule has 4 nitrogen and oxygen atoms in total. The van der Waals surface area contributed by atoms with E-state index in [4.69, 9.17) is 4.74 Å². The smallest absolute Gasteiger partial charge is 0.341 e. The lowest BCUT2D eigenvalue weighted by Crippen LogP contribution is -2.25. The second kappa shape index (κ2) is 9.52. The van der Waals surface area contributed by atoms with Gasteiger partial charge in [-0.1, -0.05) is 12.1 Å². The zero-order chi connectivity index (χ0) is 25.4. The van der Waals surface area contributed by atoms with Crippen LogP contribution >= 0.6 is 0 Å². The van der Waals surface area contributed by atoms with Crippen molar-refractivity contribution < 1.29 is 46.1 Å². The van der Waals surface area contributed by atoms with Crippen molar-refractivity contribution in [2.45, 2.75) is 37.7 Å². The molecule has 1 fully saturated rings. The van der Waals surface area contributed by atoms with Crippen molar-refractivity contribution in [3.63, 3.8) is 0 Å². The predicted octanol–water partition coefficient (Wildman–Crippen LogP) is 6.48. The maximum Gasteiger partial charge on any atom is 0.341 e. The maximum absolute atomic E-state index is 14.6. The maximum atomic E-state index is 14.6. The fourth-order valence-corrected chi connectivity index (χ4v) is 4.24. The molecule has 10 heteroatoms. The van der Waals surface area contributed by atoms with Crippen molar-refractivity contribution in [1.29, 1.82) is 0 Å². The van der Waals surface area contributed by atoms with Gasteiger partial charge in [0.1, 0.15) is 6.10 Å². The summed E-state index contributed by atoms with van der Waals surface area (Å²) < 4.78 is 89.9. The number of carbonyl (C=O) groups excluding carboxylic acids is 1. The zero-order valence-corrected chi connectivity index (χ0v) is 17.9. The van der Waals surface area contributed by atoms with Crippen LogP contribution < -0.4 is 0 Å². The van der Waals surface area contributed by atoms with Crippen LogP contribution in [0, 0.1) is 34.9 Å². The van der Waals surface area contributed by atoms with Gasteiger partial charge in [0.25, 0.3) is 0 Å². The Morgan fingerprint density at radius 1 is 0.657 bits per heavy atom. The predicted molar refractivity (Wildman–Crippen MR) is 112 cm³/mol. The molecule has 1 aliphatic carbocycles. The van der Waals surface area contributed by atoms with Gasteiger partial charge in [0.2, 0.25) is 11.6 Å². The highest BCUT2D eigenvalue weighted by Gasteiger charge is 2.30. The lowest BCUT2D eigenvalue weighted by atomic mass is 9.82. The number of carbonyl (C=O) groups is 1. The molecule has 3 aromatic carbocycles. The van der Waals surface area contributed by atoms with E-state index in [1.807, 2.05) is 0 Å². The number of rotatable bonds is 4. The van der Waals surface area contributed by atoms with Gasteiger partial charge in [0.15, 0.2) is 34.8 Å². The SMILES string of the molecule is O=C(OC1CCC(c2ccc(O)c(F)c2F)CC1)c1ccc(-c2ccc(O)c(F)c2F)c(F)c1F. The van der Waals surface area contributed by atoms with Crippen LogP contribution in [0.2, 0.25) is 0 Å². The van der Waals surface area contributed by atoms with E-state index in [0.29, 0.717) is 12.8 Å². The summed E-state index contributed by atoms with van der Waals surface area (Å²) in [5, 5.41) is 18.5. The third-order valence-electron chi connectivity index (χ3n) is 6.13. The number of aromatic hydroxyl groups is 2. The van der Waals surface area contributed by atoms with Crippen molar-refractivity contribution in [3.8, 4) is 22.6 Å². The molecule has 184 valence electrons. The van der Waals surface area contributed by atoms with Crippen molar-refractivity contribution in [2.75, 3.05) is 0 Å². The largest absolute Gasteiger partial charge is 0.505 e. The number of phenolic OH excluding ortho intramolecular Hbond substituents is 2. The quantitative estimate of drug-likeness (QED) is 0.321. The van der Waals surface area contributed by atoms with Gasteiger partial charge < -0.3 is 14.9 Å². The van der Waals surface area contributed by atoms with Crippen molar-refractivity contribution in [2.24, 2.45) is 0 Å². The van der Waals surface area contributed by atoms with Crippen molar-refractivity contribution in [3.05, 3.63) is 82.4 Å². The highest BCUT2D eigenvalue weighted by molar-refractivity contribution is 5.90. The Balaban J connectivity index is 1.46. The molecule has 3 aromatic rings. The Labute approximate surface area is 195 Å². The molecule has 0 bridgehead atoms. The first-order chi connectivity index (χ1) is 16.6. The zero-order valence-electron chi connectivity index (χ0n) is 17.9. The van der Waals surface area contributed by atoms with E-state index in [0.717, 1.165) is 30.3 Å². The molecule has 0 heterocycles. The number of hydrogen-bond donors (Lipinski definition) is 2. The van der Waals surface area contributed by atoms with E-state index in [1.165, 1.54) is 6.07 Å². The van der Waals surface area contributed by atoms with Crippen LogP contribution in [0.3, 0.4) is 0 Å². The summed E-state index contributed by atoms with van der Waals surface area (Å²) in [5.74, 6) is -12.3. The van der Waals surface area contributed by atoms with Crippen molar-refractivity contribution in [1.82, 2.24) is 0 Å². The average Bonchev–Trinajstić information content (AvgIpc) is 2.84. The number of ether oxygens (including phenoxy) is 1. The summed E-state index contributed by atoms with van der Waals surface area (Å²) in [6.07, 6.45) is 0.451. The normalized spacial score (nSPS) is 17.9. The molecule has 0 saturated heterocycles. The van der Waals surface area contributed by atoms with Gasteiger partial charge in [0, 0.05) is 11.1 Å². The second-order valence-corrected chi connectivity index (χ2v) is 8.23. The minimum atomic E-state index is -1.63. The molecule has 0 spiro atoms. The molecule has 1 aliphatic rings. The van der Waals surface area contributed by atoms with Crippen LogP contribution in [-0.2, 0) is 4.74 Å². The Morgan fingerprint density at radius 3 is 1.80 bits per heavy atom. The molecule has 35 heavy (non-hydrogen) atoms. The third kappa shape index (κ3) is 4.52. The van der Waals surface area contributed by atoms with Gasteiger partial charge in [-0.2, -0.15) is 8.78 Å². The highest BCUT2D eigenvalue weighted by atomic mass is 19.2. The Hall–Kier alpha value is -3.69. The van der Waals surface area contributed by atoms with Gasteiger partial charge in [-0.3, -0.25) is 0 Å². The lowest BCUT2D eigenvalue weighted by Gasteiger charge is -2.29. The molecule has 0 radical (unpaired) electrons. The van der Waals surface area contributed by atoms with E-state index < -0.39 is 75.2 Å². The Morgan fingerprint density at radius 2 is 1.17 bits per heavy atom. The Kier molecular flexibility index (Phi) is 6.64. The molecule has 0 aromatic heterocycles. The van der Waals surface area contributed by atoms with Gasteiger partial charge in [0.05, 0.1) is 5.56 Å². The second-order valence-electron chi connectivity index (χ2n) is 8.23. The average molecular weight is 496 g/mol. The lowest BCUT2D eigenvalue weighted by molar-refractivity contribution is 0.0188. The van der Waals surface area contributed by atoms with E-state index in [-0.39, 0.29) is 24.3 Å². The van der Waals surface area contributed by atoms with Crippen LogP contribution in [0.4, 0.5) is 26.3 Å². The van der Waals surface area contributed by atoms with E-state index in [2.05, 4.69) is 0 Å². The first-order valence-corrected chi connectivity index (χ1v) is 10.6. The number of halogens is 6. The molecule has 4 rings (SSSR count). The monoisotopic (exact) mass is 496 g/mol. The van der Waals surface area contributed by atoms with E-state index in [9.17, 15) is 41.4 Å². The minimum Gasteiger partial charge on any atom is -0.505 e.